The van der Waals surface area contributed by atoms with Crippen LogP contribution in [-0.4, -0.2) is 18.5 Å². The van der Waals surface area contributed by atoms with Crippen molar-refractivity contribution in [2.45, 2.75) is 67.2 Å². The number of carbonyl (C=O) groups excluding carboxylic acids is 2. The summed E-state index contributed by atoms with van der Waals surface area (Å²) in [5.41, 5.74) is 0.669. The molecule has 136 valence electrons. The highest BCUT2D eigenvalue weighted by atomic mass is 32.1. The average Bonchev–Trinajstić information content (AvgIpc) is 2.89. The summed E-state index contributed by atoms with van der Waals surface area (Å²) in [4.78, 5) is 25.6. The molecule has 0 aliphatic carbocycles. The number of amides is 1. The smallest absolute Gasteiger partial charge is 0.341 e. The summed E-state index contributed by atoms with van der Waals surface area (Å²) in [6.07, 6.45) is 1.77. The van der Waals surface area contributed by atoms with Gasteiger partial charge in [0.1, 0.15) is 5.00 Å². The van der Waals surface area contributed by atoms with E-state index in [0.29, 0.717) is 23.1 Å². The second-order valence-corrected chi connectivity index (χ2v) is 8.66. The maximum absolute atomic E-state index is 12.2. The first-order valence-electron chi connectivity index (χ1n) is 8.70. The van der Waals surface area contributed by atoms with Crippen molar-refractivity contribution < 1.29 is 14.3 Å². The van der Waals surface area contributed by atoms with E-state index in [0.717, 1.165) is 17.7 Å². The molecule has 0 saturated carbocycles. The minimum absolute atomic E-state index is 0.0556. The lowest BCUT2D eigenvalue weighted by Gasteiger charge is -2.22. The van der Waals surface area contributed by atoms with Crippen molar-refractivity contribution in [1.29, 1.82) is 0 Å². The predicted octanol–water partition coefficient (Wildman–Crippen LogP) is 5.45. The van der Waals surface area contributed by atoms with Crippen LogP contribution >= 0.6 is 11.3 Å². The molecule has 0 saturated heterocycles. The van der Waals surface area contributed by atoms with Crippen LogP contribution in [0.2, 0.25) is 0 Å². The monoisotopic (exact) mass is 353 g/mol. The van der Waals surface area contributed by atoms with E-state index in [-0.39, 0.29) is 23.2 Å². The van der Waals surface area contributed by atoms with Crippen molar-refractivity contribution in [1.82, 2.24) is 0 Å². The molecule has 0 fully saturated rings. The van der Waals surface area contributed by atoms with Crippen molar-refractivity contribution in [3.05, 3.63) is 16.5 Å². The minimum Gasteiger partial charge on any atom is -0.462 e. The van der Waals surface area contributed by atoms with Gasteiger partial charge < -0.3 is 10.1 Å². The molecule has 4 nitrogen and oxygen atoms in total. The Balaban J connectivity index is 3.10. The third kappa shape index (κ3) is 5.93. The lowest BCUT2D eigenvalue weighted by molar-refractivity contribution is -0.119. The number of nitrogens with one attached hydrogen (secondary N) is 1. The van der Waals surface area contributed by atoms with E-state index in [2.05, 4.69) is 33.0 Å². The maximum Gasteiger partial charge on any atom is 0.341 e. The van der Waals surface area contributed by atoms with Gasteiger partial charge in [0, 0.05) is 10.8 Å². The molecule has 1 amide bonds. The highest BCUT2D eigenvalue weighted by Crippen LogP contribution is 2.38. The Hall–Kier alpha value is -1.36. The largest absolute Gasteiger partial charge is 0.462 e. The first kappa shape index (κ1) is 20.7. The molecule has 1 aromatic rings. The van der Waals surface area contributed by atoms with Crippen LogP contribution < -0.4 is 5.32 Å². The average molecular weight is 354 g/mol. The predicted molar refractivity (Wildman–Crippen MR) is 101 cm³/mol. The van der Waals surface area contributed by atoms with Crippen molar-refractivity contribution in [3.63, 3.8) is 0 Å². The maximum atomic E-state index is 12.2. The molecular weight excluding hydrogens is 322 g/mol. The number of ether oxygens (including phenoxy) is 1. The molecule has 0 aromatic carbocycles. The van der Waals surface area contributed by atoms with Gasteiger partial charge in [-0.3, -0.25) is 4.79 Å². The zero-order chi connectivity index (χ0) is 18.5. The Morgan fingerprint density at radius 1 is 1.25 bits per heavy atom. The van der Waals surface area contributed by atoms with Gasteiger partial charge in [-0.2, -0.15) is 0 Å². The van der Waals surface area contributed by atoms with Crippen LogP contribution in [0, 0.1) is 11.3 Å². The zero-order valence-electron chi connectivity index (χ0n) is 16.0. The number of esters is 1. The molecule has 5 heteroatoms. The molecule has 1 aromatic heterocycles. The van der Waals surface area contributed by atoms with Crippen LogP contribution in [0.15, 0.2) is 6.07 Å². The molecular formula is C19H31NO3S. The Morgan fingerprint density at radius 2 is 1.88 bits per heavy atom. The van der Waals surface area contributed by atoms with E-state index in [1.165, 1.54) is 11.3 Å². The topological polar surface area (TPSA) is 55.4 Å². The van der Waals surface area contributed by atoms with E-state index >= 15 is 0 Å². The Morgan fingerprint density at radius 3 is 2.38 bits per heavy atom. The van der Waals surface area contributed by atoms with E-state index in [1.807, 2.05) is 19.9 Å². The third-order valence-corrected chi connectivity index (χ3v) is 5.23. The van der Waals surface area contributed by atoms with Gasteiger partial charge in [-0.15, -0.1) is 11.3 Å². The SMILES string of the molecule is CCOC(=O)c1cc(C(C)CC(C)(C)C)sc1NC(=O)C(C)CC. The second kappa shape index (κ2) is 8.65. The van der Waals surface area contributed by atoms with Crippen LogP contribution in [0.5, 0.6) is 0 Å². The van der Waals surface area contributed by atoms with Gasteiger partial charge in [0.2, 0.25) is 5.91 Å². The Bertz CT molecular complexity index is 572. The number of hydrogen-bond donors (Lipinski definition) is 1. The summed E-state index contributed by atoms with van der Waals surface area (Å²) in [5.74, 6) is -0.197. The fraction of sp³-hybridized carbons (Fsp3) is 0.684. The summed E-state index contributed by atoms with van der Waals surface area (Å²) in [6.45, 7) is 14.7. The first-order chi connectivity index (χ1) is 11.1. The highest BCUT2D eigenvalue weighted by molar-refractivity contribution is 7.16. The second-order valence-electron chi connectivity index (χ2n) is 7.58. The highest BCUT2D eigenvalue weighted by Gasteiger charge is 2.24. The van der Waals surface area contributed by atoms with Crippen molar-refractivity contribution >= 4 is 28.2 Å². The quantitative estimate of drug-likeness (QED) is 0.663. The summed E-state index contributed by atoms with van der Waals surface area (Å²) < 4.78 is 5.15. The lowest BCUT2D eigenvalue weighted by atomic mass is 9.85. The number of anilines is 1. The molecule has 2 unspecified atom stereocenters. The van der Waals surface area contributed by atoms with Gasteiger partial charge in [-0.25, -0.2) is 4.79 Å². The minimum atomic E-state index is -0.373. The first-order valence-corrected chi connectivity index (χ1v) is 9.52. The summed E-state index contributed by atoms with van der Waals surface area (Å²) in [5, 5.41) is 3.52. The fourth-order valence-corrected chi connectivity index (χ4v) is 3.65. The Labute approximate surface area is 150 Å². The third-order valence-electron chi connectivity index (χ3n) is 3.95. The molecule has 1 rings (SSSR count). The number of rotatable bonds is 7. The van der Waals surface area contributed by atoms with E-state index in [9.17, 15) is 9.59 Å². The van der Waals surface area contributed by atoms with Crippen LogP contribution in [0.4, 0.5) is 5.00 Å². The lowest BCUT2D eigenvalue weighted by Crippen LogP contribution is -2.20. The van der Waals surface area contributed by atoms with Gasteiger partial charge in [-0.1, -0.05) is 41.5 Å². The molecule has 24 heavy (non-hydrogen) atoms. The normalized spacial score (nSPS) is 14.1. The molecule has 1 heterocycles. The van der Waals surface area contributed by atoms with Crippen LogP contribution in [0.3, 0.4) is 0 Å². The van der Waals surface area contributed by atoms with E-state index in [4.69, 9.17) is 4.74 Å². The van der Waals surface area contributed by atoms with E-state index in [1.54, 1.807) is 6.92 Å². The van der Waals surface area contributed by atoms with Crippen molar-refractivity contribution in [3.8, 4) is 0 Å². The van der Waals surface area contributed by atoms with Crippen LogP contribution in [-0.2, 0) is 9.53 Å². The molecule has 0 radical (unpaired) electrons. The molecule has 2 atom stereocenters. The van der Waals surface area contributed by atoms with Crippen LogP contribution in [0.25, 0.3) is 0 Å². The van der Waals surface area contributed by atoms with Gasteiger partial charge in [0.05, 0.1) is 12.2 Å². The van der Waals surface area contributed by atoms with Crippen LogP contribution in [0.1, 0.15) is 82.5 Å². The van der Waals surface area contributed by atoms with Gasteiger partial charge in [-0.05, 0) is 37.2 Å². The molecule has 0 aliphatic rings. The number of hydrogen-bond acceptors (Lipinski definition) is 4. The van der Waals surface area contributed by atoms with E-state index < -0.39 is 0 Å². The van der Waals surface area contributed by atoms with Crippen molar-refractivity contribution in [2.24, 2.45) is 11.3 Å². The summed E-state index contributed by atoms with van der Waals surface area (Å²) >= 11 is 1.49. The van der Waals surface area contributed by atoms with Gasteiger partial charge in [0.15, 0.2) is 0 Å². The standard InChI is InChI=1S/C19H31NO3S/c1-8-12(3)16(21)20-17-14(18(22)23-9-2)10-15(24-17)13(4)11-19(5,6)7/h10,12-13H,8-9,11H2,1-7H3,(H,20,21). The number of carbonyl (C=O) groups is 2. The van der Waals surface area contributed by atoms with Gasteiger partial charge >= 0.3 is 5.97 Å². The molecule has 0 aliphatic heterocycles. The summed E-state index contributed by atoms with van der Waals surface area (Å²) in [6, 6.07) is 1.88. The Kier molecular flexibility index (Phi) is 7.46. The summed E-state index contributed by atoms with van der Waals surface area (Å²) in [7, 11) is 0. The molecule has 1 N–H and O–H groups in total. The van der Waals surface area contributed by atoms with Crippen molar-refractivity contribution in [2.75, 3.05) is 11.9 Å². The molecule has 0 bridgehead atoms. The fourth-order valence-electron chi connectivity index (χ4n) is 2.55. The van der Waals surface area contributed by atoms with Gasteiger partial charge in [0.25, 0.3) is 0 Å². The zero-order valence-corrected chi connectivity index (χ0v) is 16.8. The number of thiophene rings is 1. The molecule has 0 spiro atoms.